The summed E-state index contributed by atoms with van der Waals surface area (Å²) in [5, 5.41) is 0. The van der Waals surface area contributed by atoms with Gasteiger partial charge in [-0.05, 0) is 36.2 Å². The number of anilines is 1. The number of carbonyl (C=O) groups is 1. The molecule has 2 N–H and O–H groups in total. The molecular formula is C13H12N2O. The van der Waals surface area contributed by atoms with Crippen LogP contribution in [-0.4, -0.2) is 11.3 Å². The molecule has 0 spiro atoms. The quantitative estimate of drug-likeness (QED) is 0.614. The monoisotopic (exact) mass is 212 g/mol. The second kappa shape index (κ2) is 4.14. The first kappa shape index (κ1) is 10.4. The van der Waals surface area contributed by atoms with E-state index >= 15 is 0 Å². The minimum Gasteiger partial charge on any atom is -0.399 e. The molecule has 0 amide bonds. The van der Waals surface area contributed by atoms with Gasteiger partial charge in [0.25, 0.3) is 0 Å². The lowest BCUT2D eigenvalue weighted by atomic mass is 10.0. The number of carbonyl (C=O) groups excluding carboxylic acids is 1. The molecule has 1 heterocycles. The lowest BCUT2D eigenvalue weighted by molar-refractivity contribution is 0.111. The van der Waals surface area contributed by atoms with Crippen molar-refractivity contribution in [3.63, 3.8) is 0 Å². The summed E-state index contributed by atoms with van der Waals surface area (Å²) in [6.45, 7) is 2.02. The Balaban J connectivity index is 2.49. The summed E-state index contributed by atoms with van der Waals surface area (Å²) in [5.74, 6) is 0. The van der Waals surface area contributed by atoms with Crippen LogP contribution in [0.3, 0.4) is 0 Å². The fraction of sp³-hybridized carbons (Fsp3) is 0.0769. The van der Waals surface area contributed by atoms with Crippen LogP contribution in [0.2, 0.25) is 0 Å². The molecule has 80 valence electrons. The van der Waals surface area contributed by atoms with Gasteiger partial charge in [0.2, 0.25) is 0 Å². The van der Waals surface area contributed by atoms with E-state index in [1.54, 1.807) is 12.3 Å². The van der Waals surface area contributed by atoms with Crippen LogP contribution in [0.15, 0.2) is 36.5 Å². The Morgan fingerprint density at radius 3 is 2.69 bits per heavy atom. The minimum absolute atomic E-state index is 0.435. The van der Waals surface area contributed by atoms with Gasteiger partial charge in [0, 0.05) is 17.4 Å². The van der Waals surface area contributed by atoms with Gasteiger partial charge in [-0.2, -0.15) is 0 Å². The van der Waals surface area contributed by atoms with Crippen LogP contribution in [0.5, 0.6) is 0 Å². The zero-order valence-corrected chi connectivity index (χ0v) is 8.97. The van der Waals surface area contributed by atoms with Crippen molar-refractivity contribution in [3.05, 3.63) is 47.8 Å². The molecule has 16 heavy (non-hydrogen) atoms. The Kier molecular flexibility index (Phi) is 2.68. The van der Waals surface area contributed by atoms with E-state index in [2.05, 4.69) is 4.98 Å². The van der Waals surface area contributed by atoms with Gasteiger partial charge in [-0.15, -0.1) is 0 Å². The maximum Gasteiger partial charge on any atom is 0.168 e. The van der Waals surface area contributed by atoms with E-state index in [0.29, 0.717) is 5.69 Å². The van der Waals surface area contributed by atoms with E-state index in [1.165, 1.54) is 0 Å². The van der Waals surface area contributed by atoms with Crippen LogP contribution in [-0.2, 0) is 0 Å². The SMILES string of the molecule is Cc1ccc(N)cc1-c1ccc(C=O)nc1. The summed E-state index contributed by atoms with van der Waals surface area (Å²) >= 11 is 0. The Labute approximate surface area is 93.9 Å². The third kappa shape index (κ3) is 1.93. The Morgan fingerprint density at radius 2 is 2.06 bits per heavy atom. The number of nitrogen functional groups attached to an aromatic ring is 1. The molecule has 1 aromatic carbocycles. The van der Waals surface area contributed by atoms with Crippen molar-refractivity contribution in [3.8, 4) is 11.1 Å². The number of hydrogen-bond donors (Lipinski definition) is 1. The largest absolute Gasteiger partial charge is 0.399 e. The first-order valence-electron chi connectivity index (χ1n) is 4.98. The van der Waals surface area contributed by atoms with E-state index < -0.39 is 0 Å². The fourth-order valence-corrected chi connectivity index (χ4v) is 1.58. The van der Waals surface area contributed by atoms with Crippen molar-refractivity contribution >= 4 is 12.0 Å². The number of nitrogens with two attached hydrogens (primary N) is 1. The summed E-state index contributed by atoms with van der Waals surface area (Å²) in [6, 6.07) is 9.32. The maximum absolute atomic E-state index is 10.5. The molecule has 0 saturated heterocycles. The van der Waals surface area contributed by atoms with Gasteiger partial charge < -0.3 is 5.73 Å². The molecule has 0 aliphatic rings. The van der Waals surface area contributed by atoms with Crippen LogP contribution < -0.4 is 5.73 Å². The van der Waals surface area contributed by atoms with Crippen molar-refractivity contribution in [2.75, 3.05) is 5.73 Å². The highest BCUT2D eigenvalue weighted by Gasteiger charge is 2.03. The maximum atomic E-state index is 10.5. The van der Waals surface area contributed by atoms with E-state index in [9.17, 15) is 4.79 Å². The highest BCUT2D eigenvalue weighted by Crippen LogP contribution is 2.24. The van der Waals surface area contributed by atoms with E-state index in [1.807, 2.05) is 31.2 Å². The predicted molar refractivity (Wildman–Crippen MR) is 64.2 cm³/mol. The van der Waals surface area contributed by atoms with Crippen LogP contribution in [0.1, 0.15) is 16.1 Å². The van der Waals surface area contributed by atoms with Crippen LogP contribution in [0.25, 0.3) is 11.1 Å². The Bertz CT molecular complexity index is 518. The number of aldehydes is 1. The number of rotatable bonds is 2. The van der Waals surface area contributed by atoms with Crippen molar-refractivity contribution in [1.82, 2.24) is 4.98 Å². The number of hydrogen-bond acceptors (Lipinski definition) is 3. The van der Waals surface area contributed by atoms with E-state index in [0.717, 1.165) is 28.7 Å². The average Bonchev–Trinajstić information content (AvgIpc) is 2.32. The van der Waals surface area contributed by atoms with Gasteiger partial charge in [-0.25, -0.2) is 0 Å². The molecule has 1 aromatic heterocycles. The molecule has 0 fully saturated rings. The molecule has 0 bridgehead atoms. The highest BCUT2D eigenvalue weighted by atomic mass is 16.1. The zero-order chi connectivity index (χ0) is 11.5. The van der Waals surface area contributed by atoms with Crippen LogP contribution in [0.4, 0.5) is 5.69 Å². The third-order valence-electron chi connectivity index (χ3n) is 2.48. The van der Waals surface area contributed by atoms with Crippen LogP contribution >= 0.6 is 0 Å². The fourth-order valence-electron chi connectivity index (χ4n) is 1.58. The van der Waals surface area contributed by atoms with Crippen molar-refractivity contribution in [1.29, 1.82) is 0 Å². The summed E-state index contributed by atoms with van der Waals surface area (Å²) in [6.07, 6.45) is 2.42. The predicted octanol–water partition coefficient (Wildman–Crippen LogP) is 2.45. The summed E-state index contributed by atoms with van der Waals surface area (Å²) in [4.78, 5) is 14.5. The van der Waals surface area contributed by atoms with Crippen molar-refractivity contribution in [2.45, 2.75) is 6.92 Å². The number of benzene rings is 1. The van der Waals surface area contributed by atoms with Gasteiger partial charge in [0.15, 0.2) is 6.29 Å². The summed E-state index contributed by atoms with van der Waals surface area (Å²) in [7, 11) is 0. The number of aryl methyl sites for hydroxylation is 1. The number of nitrogens with zero attached hydrogens (tertiary/aromatic N) is 1. The van der Waals surface area contributed by atoms with Gasteiger partial charge in [0.1, 0.15) is 5.69 Å². The molecule has 0 atom stereocenters. The first-order valence-corrected chi connectivity index (χ1v) is 4.98. The molecule has 0 saturated carbocycles. The molecule has 3 heteroatoms. The second-order valence-corrected chi connectivity index (χ2v) is 3.66. The molecule has 0 aliphatic heterocycles. The molecule has 2 aromatic rings. The first-order chi connectivity index (χ1) is 7.70. The zero-order valence-electron chi connectivity index (χ0n) is 8.97. The van der Waals surface area contributed by atoms with Gasteiger partial charge in [0.05, 0.1) is 0 Å². The van der Waals surface area contributed by atoms with Gasteiger partial charge in [-0.1, -0.05) is 12.1 Å². The highest BCUT2D eigenvalue weighted by molar-refractivity contribution is 5.75. The summed E-state index contributed by atoms with van der Waals surface area (Å²) < 4.78 is 0. The lowest BCUT2D eigenvalue weighted by Gasteiger charge is -2.06. The Morgan fingerprint density at radius 1 is 1.25 bits per heavy atom. The Hall–Kier alpha value is -2.16. The number of pyridine rings is 1. The topological polar surface area (TPSA) is 56.0 Å². The normalized spacial score (nSPS) is 10.1. The lowest BCUT2D eigenvalue weighted by Crippen LogP contribution is -1.91. The van der Waals surface area contributed by atoms with Crippen molar-refractivity contribution < 1.29 is 4.79 Å². The average molecular weight is 212 g/mol. The van der Waals surface area contributed by atoms with E-state index in [-0.39, 0.29) is 0 Å². The number of aromatic nitrogens is 1. The molecule has 3 nitrogen and oxygen atoms in total. The molecule has 0 radical (unpaired) electrons. The molecule has 0 unspecified atom stereocenters. The minimum atomic E-state index is 0.435. The second-order valence-electron chi connectivity index (χ2n) is 3.66. The van der Waals surface area contributed by atoms with E-state index in [4.69, 9.17) is 5.73 Å². The molecular weight excluding hydrogens is 200 g/mol. The standard InChI is InChI=1S/C13H12N2O/c1-9-2-4-11(14)6-13(9)10-3-5-12(8-16)15-7-10/h2-8H,14H2,1H3. The molecule has 2 rings (SSSR count). The smallest absolute Gasteiger partial charge is 0.168 e. The van der Waals surface area contributed by atoms with Crippen molar-refractivity contribution in [2.24, 2.45) is 0 Å². The van der Waals surface area contributed by atoms with Crippen LogP contribution in [0, 0.1) is 6.92 Å². The van der Waals surface area contributed by atoms with Gasteiger partial charge in [-0.3, -0.25) is 9.78 Å². The molecule has 0 aliphatic carbocycles. The van der Waals surface area contributed by atoms with Gasteiger partial charge >= 0.3 is 0 Å². The summed E-state index contributed by atoms with van der Waals surface area (Å²) in [5.41, 5.74) is 10.1. The third-order valence-corrected chi connectivity index (χ3v) is 2.48.